The Bertz CT molecular complexity index is 555. The van der Waals surface area contributed by atoms with E-state index in [1.807, 2.05) is 6.07 Å². The fraction of sp³-hybridized carbons (Fsp3) is 0.385. The van der Waals surface area contributed by atoms with Crippen molar-refractivity contribution in [3.05, 3.63) is 35.5 Å². The average molecular weight is 256 g/mol. The first kappa shape index (κ1) is 13.0. The van der Waals surface area contributed by atoms with Gasteiger partial charge in [-0.1, -0.05) is 6.07 Å². The van der Waals surface area contributed by atoms with E-state index in [4.69, 9.17) is 5.73 Å². The number of aromatic nitrogens is 1. The Balaban J connectivity index is 2.45. The van der Waals surface area contributed by atoms with Crippen LogP contribution in [0.2, 0.25) is 0 Å². The van der Waals surface area contributed by atoms with Gasteiger partial charge >= 0.3 is 6.18 Å². The van der Waals surface area contributed by atoms with Gasteiger partial charge in [0.15, 0.2) is 0 Å². The Morgan fingerprint density at radius 2 is 1.94 bits per heavy atom. The lowest BCUT2D eigenvalue weighted by Crippen LogP contribution is -2.10. The summed E-state index contributed by atoms with van der Waals surface area (Å²) in [5, 5.41) is 0.624. The zero-order valence-corrected chi connectivity index (χ0v) is 10.1. The Hall–Kier alpha value is -1.49. The molecule has 2 N–H and O–H groups in total. The maximum atomic E-state index is 12.8. The lowest BCUT2D eigenvalue weighted by atomic mass is 10.1. The molecule has 0 radical (unpaired) electrons. The van der Waals surface area contributed by atoms with Crippen LogP contribution in [0.3, 0.4) is 0 Å². The van der Waals surface area contributed by atoms with Gasteiger partial charge < -0.3 is 10.3 Å². The third-order valence-corrected chi connectivity index (χ3v) is 3.07. The molecule has 1 aromatic heterocycles. The minimum Gasteiger partial charge on any atom is -0.340 e. The molecule has 2 aromatic rings. The Morgan fingerprint density at radius 3 is 2.56 bits per heavy atom. The van der Waals surface area contributed by atoms with Crippen LogP contribution in [0.1, 0.15) is 17.7 Å². The zero-order valence-electron chi connectivity index (χ0n) is 10.1. The van der Waals surface area contributed by atoms with Crippen molar-refractivity contribution in [2.24, 2.45) is 12.8 Å². The van der Waals surface area contributed by atoms with E-state index in [-0.39, 0.29) is 0 Å². The summed E-state index contributed by atoms with van der Waals surface area (Å²) in [4.78, 5) is 0. The number of halogens is 3. The summed E-state index contributed by atoms with van der Waals surface area (Å²) in [6.07, 6.45) is -2.68. The maximum absolute atomic E-state index is 12.8. The second-order valence-electron chi connectivity index (χ2n) is 4.37. The van der Waals surface area contributed by atoms with Gasteiger partial charge in [-0.2, -0.15) is 13.2 Å². The molecule has 0 atom stereocenters. The molecule has 0 spiro atoms. The Labute approximate surface area is 103 Å². The molecule has 0 saturated carbocycles. The topological polar surface area (TPSA) is 30.9 Å². The zero-order chi connectivity index (χ0) is 13.3. The molecule has 98 valence electrons. The molecule has 0 fully saturated rings. The van der Waals surface area contributed by atoms with Crippen LogP contribution in [0, 0.1) is 0 Å². The van der Waals surface area contributed by atoms with Gasteiger partial charge in [0.05, 0.1) is 0 Å². The first-order chi connectivity index (χ1) is 8.43. The number of hydrogen-bond acceptors (Lipinski definition) is 1. The van der Waals surface area contributed by atoms with E-state index in [9.17, 15) is 13.2 Å². The van der Waals surface area contributed by atoms with Crippen molar-refractivity contribution in [1.82, 2.24) is 4.57 Å². The summed E-state index contributed by atoms with van der Waals surface area (Å²) in [5.41, 5.74) is 6.42. The van der Waals surface area contributed by atoms with Crippen LogP contribution < -0.4 is 5.73 Å². The molecule has 2 rings (SSSR count). The summed E-state index contributed by atoms with van der Waals surface area (Å²) in [6.45, 7) is 0.584. The monoisotopic (exact) mass is 256 g/mol. The van der Waals surface area contributed by atoms with E-state index < -0.39 is 11.9 Å². The van der Waals surface area contributed by atoms with Gasteiger partial charge in [-0.05, 0) is 43.1 Å². The molecule has 0 aliphatic carbocycles. The number of fused-ring (bicyclic) bond motifs is 1. The second-order valence-corrected chi connectivity index (χ2v) is 4.37. The van der Waals surface area contributed by atoms with Gasteiger partial charge in [0, 0.05) is 18.0 Å². The summed E-state index contributed by atoms with van der Waals surface area (Å²) in [6, 6.07) is 6.59. The van der Waals surface area contributed by atoms with E-state index in [1.165, 1.54) is 17.7 Å². The highest BCUT2D eigenvalue weighted by molar-refractivity contribution is 5.82. The third-order valence-electron chi connectivity index (χ3n) is 3.07. The maximum Gasteiger partial charge on any atom is 0.431 e. The number of alkyl halides is 3. The fourth-order valence-electron chi connectivity index (χ4n) is 2.13. The molecule has 2 nitrogen and oxygen atoms in total. The van der Waals surface area contributed by atoms with Crippen LogP contribution >= 0.6 is 0 Å². The quantitative estimate of drug-likeness (QED) is 0.898. The molecule has 0 aliphatic rings. The standard InChI is InChI=1S/C13H15F3N2/c1-18-11-5-4-9(3-2-6-17)7-10(11)8-12(18)13(14,15)16/h4-5,7-8H,2-3,6,17H2,1H3. The number of hydrogen-bond donors (Lipinski definition) is 1. The van der Waals surface area contributed by atoms with Gasteiger partial charge in [-0.3, -0.25) is 0 Å². The molecule has 0 amide bonds. The van der Waals surface area contributed by atoms with Crippen molar-refractivity contribution >= 4 is 10.9 Å². The minimum atomic E-state index is -4.31. The van der Waals surface area contributed by atoms with Crippen LogP contribution in [-0.2, 0) is 19.6 Å². The lowest BCUT2D eigenvalue weighted by molar-refractivity contribution is -0.142. The average Bonchev–Trinajstić information content (AvgIpc) is 2.63. The number of nitrogens with two attached hydrogens (primary N) is 1. The van der Waals surface area contributed by atoms with Crippen molar-refractivity contribution in [2.45, 2.75) is 19.0 Å². The van der Waals surface area contributed by atoms with Gasteiger partial charge in [0.1, 0.15) is 5.69 Å². The first-order valence-corrected chi connectivity index (χ1v) is 5.79. The SMILES string of the molecule is Cn1c(C(F)(F)F)cc2cc(CCCN)ccc21. The molecule has 5 heteroatoms. The predicted octanol–water partition coefficient (Wildman–Crippen LogP) is 3.09. The minimum absolute atomic E-state index is 0.584. The van der Waals surface area contributed by atoms with Gasteiger partial charge in [-0.15, -0.1) is 0 Å². The van der Waals surface area contributed by atoms with Gasteiger partial charge in [0.2, 0.25) is 0 Å². The fourth-order valence-corrected chi connectivity index (χ4v) is 2.13. The second kappa shape index (κ2) is 4.65. The van der Waals surface area contributed by atoms with Crippen molar-refractivity contribution < 1.29 is 13.2 Å². The summed E-state index contributed by atoms with van der Waals surface area (Å²) < 4.78 is 39.4. The Morgan fingerprint density at radius 1 is 1.22 bits per heavy atom. The normalized spacial score (nSPS) is 12.3. The molecule has 0 saturated heterocycles. The molecule has 18 heavy (non-hydrogen) atoms. The summed E-state index contributed by atoms with van der Waals surface area (Å²) >= 11 is 0. The third kappa shape index (κ3) is 2.36. The summed E-state index contributed by atoms with van der Waals surface area (Å²) in [7, 11) is 1.44. The molecular formula is C13H15F3N2. The summed E-state index contributed by atoms with van der Waals surface area (Å²) in [5.74, 6) is 0. The lowest BCUT2D eigenvalue weighted by Gasteiger charge is -2.07. The molecule has 0 bridgehead atoms. The number of rotatable bonds is 3. The first-order valence-electron chi connectivity index (χ1n) is 5.79. The largest absolute Gasteiger partial charge is 0.431 e. The van der Waals surface area contributed by atoms with E-state index in [0.29, 0.717) is 17.4 Å². The van der Waals surface area contributed by atoms with Crippen LogP contribution in [0.25, 0.3) is 10.9 Å². The van der Waals surface area contributed by atoms with Crippen LogP contribution in [0.5, 0.6) is 0 Å². The molecular weight excluding hydrogens is 241 g/mol. The molecule has 0 aliphatic heterocycles. The number of aryl methyl sites for hydroxylation is 2. The van der Waals surface area contributed by atoms with E-state index in [1.54, 1.807) is 12.1 Å². The Kier molecular flexibility index (Phi) is 3.34. The van der Waals surface area contributed by atoms with E-state index in [2.05, 4.69) is 0 Å². The molecule has 0 unspecified atom stereocenters. The van der Waals surface area contributed by atoms with E-state index in [0.717, 1.165) is 18.4 Å². The number of benzene rings is 1. The molecule has 1 aromatic carbocycles. The highest BCUT2D eigenvalue weighted by atomic mass is 19.4. The highest BCUT2D eigenvalue weighted by Gasteiger charge is 2.34. The van der Waals surface area contributed by atoms with Crippen molar-refractivity contribution in [1.29, 1.82) is 0 Å². The van der Waals surface area contributed by atoms with Crippen molar-refractivity contribution in [2.75, 3.05) is 6.54 Å². The number of nitrogens with zero attached hydrogens (tertiary/aromatic N) is 1. The predicted molar refractivity (Wildman–Crippen MR) is 65.3 cm³/mol. The van der Waals surface area contributed by atoms with E-state index >= 15 is 0 Å². The van der Waals surface area contributed by atoms with Gasteiger partial charge in [0.25, 0.3) is 0 Å². The smallest absolute Gasteiger partial charge is 0.340 e. The van der Waals surface area contributed by atoms with Crippen LogP contribution in [0.4, 0.5) is 13.2 Å². The van der Waals surface area contributed by atoms with Crippen LogP contribution in [0.15, 0.2) is 24.3 Å². The van der Waals surface area contributed by atoms with Crippen molar-refractivity contribution in [3.63, 3.8) is 0 Å². The van der Waals surface area contributed by atoms with Crippen molar-refractivity contribution in [3.8, 4) is 0 Å². The van der Waals surface area contributed by atoms with Crippen LogP contribution in [-0.4, -0.2) is 11.1 Å². The van der Waals surface area contributed by atoms with Gasteiger partial charge in [-0.25, -0.2) is 0 Å². The highest BCUT2D eigenvalue weighted by Crippen LogP contribution is 2.33. The molecule has 1 heterocycles.